The van der Waals surface area contributed by atoms with Crippen molar-refractivity contribution in [1.29, 1.82) is 5.26 Å². The second-order valence-electron chi connectivity index (χ2n) is 7.61. The second kappa shape index (κ2) is 11.4. The van der Waals surface area contributed by atoms with E-state index in [4.69, 9.17) is 9.47 Å². The van der Waals surface area contributed by atoms with Crippen LogP contribution in [0.2, 0.25) is 0 Å². The van der Waals surface area contributed by atoms with Gasteiger partial charge in [-0.05, 0) is 55.4 Å². The first-order valence-electron chi connectivity index (χ1n) is 10.7. The molecular weight excluding hydrogens is 376 g/mol. The normalized spacial score (nSPS) is 15.8. The fourth-order valence-corrected chi connectivity index (χ4v) is 3.93. The van der Waals surface area contributed by atoms with Crippen LogP contribution in [0.1, 0.15) is 24.5 Å². The minimum Gasteiger partial charge on any atom is -0.465 e. The van der Waals surface area contributed by atoms with Crippen LogP contribution in [0.15, 0.2) is 54.6 Å². The highest BCUT2D eigenvalue weighted by atomic mass is 16.5. The number of morpholine rings is 1. The lowest BCUT2D eigenvalue weighted by Crippen LogP contribution is -2.36. The molecule has 0 amide bonds. The van der Waals surface area contributed by atoms with Crippen molar-refractivity contribution in [3.05, 3.63) is 65.7 Å². The number of carbonyl (C=O) groups is 1. The first-order chi connectivity index (χ1) is 14.7. The number of benzene rings is 2. The monoisotopic (exact) mass is 406 g/mol. The Bertz CT molecular complexity index is 824. The maximum Gasteiger partial charge on any atom is 0.323 e. The summed E-state index contributed by atoms with van der Waals surface area (Å²) in [6.07, 6.45) is 2.26. The van der Waals surface area contributed by atoms with Crippen molar-refractivity contribution in [2.45, 2.75) is 26.2 Å². The quantitative estimate of drug-likeness (QED) is 0.589. The fraction of sp³-hybridized carbons (Fsp3) is 0.440. The summed E-state index contributed by atoms with van der Waals surface area (Å²) in [6.45, 7) is 5.38. The average molecular weight is 407 g/mol. The van der Waals surface area contributed by atoms with Gasteiger partial charge in [0.15, 0.2) is 0 Å². The number of ether oxygens (including phenoxy) is 2. The number of rotatable bonds is 9. The van der Waals surface area contributed by atoms with E-state index in [0.29, 0.717) is 6.42 Å². The number of esters is 1. The van der Waals surface area contributed by atoms with Crippen LogP contribution in [0.4, 0.5) is 5.69 Å². The molecule has 1 saturated heterocycles. The summed E-state index contributed by atoms with van der Waals surface area (Å²) in [5.41, 5.74) is 3.53. The lowest BCUT2D eigenvalue weighted by atomic mass is 9.83. The van der Waals surface area contributed by atoms with Crippen LogP contribution in [-0.4, -0.2) is 38.9 Å². The minimum absolute atomic E-state index is 0.0940. The van der Waals surface area contributed by atoms with E-state index in [-0.39, 0.29) is 12.5 Å². The summed E-state index contributed by atoms with van der Waals surface area (Å²) in [6, 6.07) is 20.9. The van der Waals surface area contributed by atoms with Crippen LogP contribution in [0.3, 0.4) is 0 Å². The van der Waals surface area contributed by atoms with E-state index < -0.39 is 11.9 Å². The summed E-state index contributed by atoms with van der Waals surface area (Å²) < 4.78 is 10.6. The summed E-state index contributed by atoms with van der Waals surface area (Å²) in [5.74, 6) is -1.26. The fourth-order valence-electron chi connectivity index (χ4n) is 3.93. The van der Waals surface area contributed by atoms with Gasteiger partial charge in [-0.25, -0.2) is 0 Å². The van der Waals surface area contributed by atoms with Gasteiger partial charge in [-0.15, -0.1) is 0 Å². The molecule has 2 atom stereocenters. The lowest BCUT2D eigenvalue weighted by molar-refractivity contribution is -0.147. The molecule has 1 aliphatic heterocycles. The Morgan fingerprint density at radius 1 is 1.10 bits per heavy atom. The maximum absolute atomic E-state index is 12.4. The molecule has 2 aromatic rings. The van der Waals surface area contributed by atoms with Gasteiger partial charge in [0.1, 0.15) is 5.92 Å². The highest BCUT2D eigenvalue weighted by molar-refractivity contribution is 5.75. The van der Waals surface area contributed by atoms with E-state index in [9.17, 15) is 10.1 Å². The Hall–Kier alpha value is -2.84. The standard InChI is InChI=1S/C25H30N2O3/c1-2-30-25(28)24(19-26)22(11-8-20-6-4-3-5-7-20)18-21-9-12-23(13-10-21)27-14-16-29-17-15-27/h3-7,9-10,12-13,22,24H,2,8,11,14-18H2,1H3. The molecule has 158 valence electrons. The molecule has 0 aromatic heterocycles. The van der Waals surface area contributed by atoms with Crippen LogP contribution in [0.25, 0.3) is 0 Å². The molecule has 2 unspecified atom stereocenters. The van der Waals surface area contributed by atoms with Crippen molar-refractivity contribution in [1.82, 2.24) is 0 Å². The minimum atomic E-state index is -0.757. The van der Waals surface area contributed by atoms with Crippen molar-refractivity contribution in [2.75, 3.05) is 37.8 Å². The molecule has 1 aliphatic rings. The zero-order valence-electron chi connectivity index (χ0n) is 17.6. The van der Waals surface area contributed by atoms with Crippen molar-refractivity contribution in [3.63, 3.8) is 0 Å². The van der Waals surface area contributed by atoms with Gasteiger partial charge in [0.25, 0.3) is 0 Å². The first-order valence-corrected chi connectivity index (χ1v) is 10.7. The molecule has 5 nitrogen and oxygen atoms in total. The summed E-state index contributed by atoms with van der Waals surface area (Å²) in [4.78, 5) is 14.7. The van der Waals surface area contributed by atoms with Crippen LogP contribution >= 0.6 is 0 Å². The third-order valence-electron chi connectivity index (χ3n) is 5.61. The van der Waals surface area contributed by atoms with Gasteiger partial charge in [-0.3, -0.25) is 4.79 Å². The highest BCUT2D eigenvalue weighted by Gasteiger charge is 2.29. The molecule has 0 saturated carbocycles. The highest BCUT2D eigenvalue weighted by Crippen LogP contribution is 2.26. The number of carbonyl (C=O) groups excluding carboxylic acids is 1. The topological polar surface area (TPSA) is 62.6 Å². The van der Waals surface area contributed by atoms with Gasteiger partial charge in [0, 0.05) is 18.8 Å². The number of hydrogen-bond acceptors (Lipinski definition) is 5. The molecule has 0 bridgehead atoms. The van der Waals surface area contributed by atoms with Crippen molar-refractivity contribution in [3.8, 4) is 6.07 Å². The SMILES string of the molecule is CCOC(=O)C(C#N)C(CCc1ccccc1)Cc1ccc(N2CCOCC2)cc1. The van der Waals surface area contributed by atoms with Gasteiger partial charge >= 0.3 is 5.97 Å². The van der Waals surface area contributed by atoms with Gasteiger partial charge in [0.2, 0.25) is 0 Å². The van der Waals surface area contributed by atoms with Crippen LogP contribution in [0, 0.1) is 23.2 Å². The van der Waals surface area contributed by atoms with E-state index in [2.05, 4.69) is 47.4 Å². The van der Waals surface area contributed by atoms with E-state index in [1.54, 1.807) is 6.92 Å². The van der Waals surface area contributed by atoms with E-state index in [1.807, 2.05) is 18.2 Å². The first kappa shape index (κ1) is 21.9. The van der Waals surface area contributed by atoms with Crippen LogP contribution < -0.4 is 4.90 Å². The molecule has 1 heterocycles. The molecule has 0 radical (unpaired) electrons. The largest absolute Gasteiger partial charge is 0.465 e. The van der Waals surface area contributed by atoms with E-state index in [1.165, 1.54) is 11.3 Å². The third-order valence-corrected chi connectivity index (χ3v) is 5.61. The molecule has 5 heteroatoms. The lowest BCUT2D eigenvalue weighted by Gasteiger charge is -2.29. The zero-order chi connectivity index (χ0) is 21.2. The maximum atomic E-state index is 12.4. The Kier molecular flexibility index (Phi) is 8.29. The summed E-state index contributed by atoms with van der Waals surface area (Å²) in [5, 5.41) is 9.71. The van der Waals surface area contributed by atoms with E-state index in [0.717, 1.165) is 44.7 Å². The second-order valence-corrected chi connectivity index (χ2v) is 7.61. The molecular formula is C25H30N2O3. The molecule has 0 N–H and O–H groups in total. The molecule has 2 aromatic carbocycles. The molecule has 3 rings (SSSR count). The predicted octanol–water partition coefficient (Wildman–Crippen LogP) is 4.02. The summed E-state index contributed by atoms with van der Waals surface area (Å²) in [7, 11) is 0. The molecule has 1 fully saturated rings. The zero-order valence-corrected chi connectivity index (χ0v) is 17.6. The number of hydrogen-bond donors (Lipinski definition) is 0. The smallest absolute Gasteiger partial charge is 0.323 e. The van der Waals surface area contributed by atoms with Crippen molar-refractivity contribution >= 4 is 11.7 Å². The average Bonchev–Trinajstić information content (AvgIpc) is 2.80. The Morgan fingerprint density at radius 2 is 1.80 bits per heavy atom. The van der Waals surface area contributed by atoms with Crippen molar-refractivity contribution in [2.24, 2.45) is 11.8 Å². The summed E-state index contributed by atoms with van der Waals surface area (Å²) >= 11 is 0. The molecule has 0 aliphatic carbocycles. The molecule has 0 spiro atoms. The predicted molar refractivity (Wildman–Crippen MR) is 117 cm³/mol. The number of nitriles is 1. The van der Waals surface area contributed by atoms with Gasteiger partial charge in [-0.2, -0.15) is 5.26 Å². The van der Waals surface area contributed by atoms with Crippen LogP contribution in [0.5, 0.6) is 0 Å². The van der Waals surface area contributed by atoms with Crippen molar-refractivity contribution < 1.29 is 14.3 Å². The van der Waals surface area contributed by atoms with Gasteiger partial charge < -0.3 is 14.4 Å². The number of aryl methyl sites for hydroxylation is 1. The third kappa shape index (κ3) is 6.08. The van der Waals surface area contributed by atoms with E-state index >= 15 is 0 Å². The number of anilines is 1. The Morgan fingerprint density at radius 3 is 2.43 bits per heavy atom. The van der Waals surface area contributed by atoms with Crippen LogP contribution in [-0.2, 0) is 27.1 Å². The van der Waals surface area contributed by atoms with Gasteiger partial charge in [-0.1, -0.05) is 42.5 Å². The number of nitrogens with zero attached hydrogens (tertiary/aromatic N) is 2. The molecule has 30 heavy (non-hydrogen) atoms. The Labute approximate surface area is 179 Å². The van der Waals surface area contributed by atoms with Gasteiger partial charge in [0.05, 0.1) is 25.9 Å². The Balaban J connectivity index is 1.71.